The molecule has 4 nitrogen and oxygen atoms in total. The molecule has 0 aliphatic carbocycles. The number of thiazole rings is 2. The number of piperazine rings is 1. The SMILES string of the molecule is Cc1ncc(CN2CCN(c3nc4ccccc4s3)CC2)s1. The third kappa shape index (κ3) is 2.86. The Morgan fingerprint density at radius 3 is 2.64 bits per heavy atom. The summed E-state index contributed by atoms with van der Waals surface area (Å²) in [5.41, 5.74) is 1.12. The molecule has 0 saturated carbocycles. The highest BCUT2D eigenvalue weighted by molar-refractivity contribution is 7.22. The van der Waals surface area contributed by atoms with Crippen molar-refractivity contribution in [2.45, 2.75) is 13.5 Å². The smallest absolute Gasteiger partial charge is 0.186 e. The van der Waals surface area contributed by atoms with E-state index in [4.69, 9.17) is 4.98 Å². The number of aryl methyl sites for hydroxylation is 1. The molecule has 0 unspecified atom stereocenters. The van der Waals surface area contributed by atoms with Crippen LogP contribution in [0.3, 0.4) is 0 Å². The van der Waals surface area contributed by atoms with Gasteiger partial charge in [0.05, 0.1) is 15.2 Å². The number of para-hydroxylation sites is 1. The standard InChI is InChI=1S/C16H18N4S2/c1-12-17-10-13(21-12)11-19-6-8-20(9-7-19)16-18-14-4-2-3-5-15(14)22-16/h2-5,10H,6-9,11H2,1H3. The molecule has 1 fully saturated rings. The summed E-state index contributed by atoms with van der Waals surface area (Å²) >= 11 is 3.61. The predicted octanol–water partition coefficient (Wildman–Crippen LogP) is 3.38. The second-order valence-electron chi connectivity index (χ2n) is 5.57. The van der Waals surface area contributed by atoms with Gasteiger partial charge in [-0.25, -0.2) is 9.97 Å². The molecule has 22 heavy (non-hydrogen) atoms. The number of benzene rings is 1. The molecule has 4 rings (SSSR count). The van der Waals surface area contributed by atoms with Crippen molar-refractivity contribution in [3.63, 3.8) is 0 Å². The number of rotatable bonds is 3. The predicted molar refractivity (Wildman–Crippen MR) is 94.0 cm³/mol. The Morgan fingerprint density at radius 2 is 1.91 bits per heavy atom. The molecule has 6 heteroatoms. The van der Waals surface area contributed by atoms with Gasteiger partial charge in [0.15, 0.2) is 5.13 Å². The normalized spacial score (nSPS) is 16.5. The van der Waals surface area contributed by atoms with Gasteiger partial charge in [0.25, 0.3) is 0 Å². The zero-order valence-corrected chi connectivity index (χ0v) is 14.2. The Balaban J connectivity index is 1.40. The van der Waals surface area contributed by atoms with Crippen LogP contribution in [0.25, 0.3) is 10.2 Å². The monoisotopic (exact) mass is 330 g/mol. The maximum absolute atomic E-state index is 4.77. The molecule has 0 spiro atoms. The van der Waals surface area contributed by atoms with Gasteiger partial charge in [0.2, 0.25) is 0 Å². The Labute approximate surface area is 138 Å². The average Bonchev–Trinajstić information content (AvgIpc) is 3.14. The van der Waals surface area contributed by atoms with Crippen molar-refractivity contribution in [1.29, 1.82) is 0 Å². The molecule has 0 N–H and O–H groups in total. The topological polar surface area (TPSA) is 32.3 Å². The molecule has 0 amide bonds. The van der Waals surface area contributed by atoms with Gasteiger partial charge in [-0.2, -0.15) is 0 Å². The van der Waals surface area contributed by atoms with Gasteiger partial charge in [-0.05, 0) is 19.1 Å². The maximum Gasteiger partial charge on any atom is 0.186 e. The molecule has 1 saturated heterocycles. The van der Waals surface area contributed by atoms with E-state index in [0.29, 0.717) is 0 Å². The van der Waals surface area contributed by atoms with Crippen LogP contribution >= 0.6 is 22.7 Å². The zero-order valence-electron chi connectivity index (χ0n) is 12.5. The second kappa shape index (κ2) is 5.95. The lowest BCUT2D eigenvalue weighted by atomic mass is 10.3. The van der Waals surface area contributed by atoms with Crippen molar-refractivity contribution in [1.82, 2.24) is 14.9 Å². The fourth-order valence-electron chi connectivity index (χ4n) is 2.79. The van der Waals surface area contributed by atoms with E-state index in [2.05, 4.69) is 46.0 Å². The summed E-state index contributed by atoms with van der Waals surface area (Å²) in [5.74, 6) is 0. The van der Waals surface area contributed by atoms with Crippen molar-refractivity contribution >= 4 is 38.0 Å². The van der Waals surface area contributed by atoms with E-state index in [0.717, 1.165) is 48.4 Å². The van der Waals surface area contributed by atoms with E-state index in [9.17, 15) is 0 Å². The number of hydrogen-bond acceptors (Lipinski definition) is 6. The highest BCUT2D eigenvalue weighted by atomic mass is 32.1. The molecular weight excluding hydrogens is 312 g/mol. The van der Waals surface area contributed by atoms with Crippen LogP contribution in [0.5, 0.6) is 0 Å². The molecule has 2 aromatic heterocycles. The molecule has 3 aromatic rings. The lowest BCUT2D eigenvalue weighted by Crippen LogP contribution is -2.45. The minimum Gasteiger partial charge on any atom is -0.345 e. The molecule has 1 aliphatic heterocycles. The summed E-state index contributed by atoms with van der Waals surface area (Å²) in [6, 6.07) is 8.39. The number of anilines is 1. The number of aromatic nitrogens is 2. The Kier molecular flexibility index (Phi) is 3.82. The first-order chi connectivity index (χ1) is 10.8. The fraction of sp³-hybridized carbons (Fsp3) is 0.375. The van der Waals surface area contributed by atoms with Gasteiger partial charge in [0.1, 0.15) is 0 Å². The number of hydrogen-bond donors (Lipinski definition) is 0. The zero-order chi connectivity index (χ0) is 14.9. The summed E-state index contributed by atoms with van der Waals surface area (Å²) in [7, 11) is 0. The first-order valence-electron chi connectivity index (χ1n) is 7.52. The van der Waals surface area contributed by atoms with Crippen LogP contribution in [0.15, 0.2) is 30.5 Å². The minimum atomic E-state index is 1.03. The Bertz CT molecular complexity index is 738. The van der Waals surface area contributed by atoms with E-state index in [1.165, 1.54) is 9.58 Å². The van der Waals surface area contributed by atoms with Crippen LogP contribution in [0.1, 0.15) is 9.88 Å². The lowest BCUT2D eigenvalue weighted by molar-refractivity contribution is 0.252. The van der Waals surface area contributed by atoms with Gasteiger partial charge in [-0.1, -0.05) is 23.5 Å². The van der Waals surface area contributed by atoms with Crippen LogP contribution in [-0.4, -0.2) is 41.0 Å². The molecule has 0 bridgehead atoms. The number of nitrogens with zero attached hydrogens (tertiary/aromatic N) is 4. The first-order valence-corrected chi connectivity index (χ1v) is 9.15. The van der Waals surface area contributed by atoms with Crippen LogP contribution in [-0.2, 0) is 6.54 Å². The van der Waals surface area contributed by atoms with E-state index >= 15 is 0 Å². The quantitative estimate of drug-likeness (QED) is 0.737. The minimum absolute atomic E-state index is 1.03. The van der Waals surface area contributed by atoms with E-state index in [-0.39, 0.29) is 0 Å². The van der Waals surface area contributed by atoms with Crippen molar-refractivity contribution in [3.8, 4) is 0 Å². The third-order valence-electron chi connectivity index (χ3n) is 3.97. The van der Waals surface area contributed by atoms with Gasteiger partial charge in [-0.15, -0.1) is 11.3 Å². The summed E-state index contributed by atoms with van der Waals surface area (Å²) in [6.07, 6.45) is 2.01. The van der Waals surface area contributed by atoms with E-state index < -0.39 is 0 Å². The molecule has 0 radical (unpaired) electrons. The van der Waals surface area contributed by atoms with Crippen molar-refractivity contribution in [2.75, 3.05) is 31.1 Å². The molecule has 114 valence electrons. The highest BCUT2D eigenvalue weighted by Crippen LogP contribution is 2.29. The second-order valence-corrected chi connectivity index (χ2v) is 7.90. The summed E-state index contributed by atoms with van der Waals surface area (Å²) < 4.78 is 1.28. The van der Waals surface area contributed by atoms with E-state index in [1.807, 2.05) is 6.20 Å². The van der Waals surface area contributed by atoms with Crippen LogP contribution in [0.2, 0.25) is 0 Å². The molecule has 1 aromatic carbocycles. The maximum atomic E-state index is 4.77. The van der Waals surface area contributed by atoms with Gasteiger partial charge < -0.3 is 4.90 Å². The molecule has 1 aliphatic rings. The lowest BCUT2D eigenvalue weighted by Gasteiger charge is -2.34. The summed E-state index contributed by atoms with van der Waals surface area (Å²) in [4.78, 5) is 15.4. The molecule has 0 atom stereocenters. The Morgan fingerprint density at radius 1 is 1.09 bits per heavy atom. The summed E-state index contributed by atoms with van der Waals surface area (Å²) in [6.45, 7) is 7.38. The number of fused-ring (bicyclic) bond motifs is 1. The Hall–Kier alpha value is -1.50. The first kappa shape index (κ1) is 14.1. The fourth-order valence-corrected chi connectivity index (χ4v) is 4.65. The van der Waals surface area contributed by atoms with Crippen LogP contribution in [0.4, 0.5) is 5.13 Å². The molecular formula is C16H18N4S2. The van der Waals surface area contributed by atoms with E-state index in [1.54, 1.807) is 22.7 Å². The third-order valence-corrected chi connectivity index (χ3v) is 5.97. The average molecular weight is 330 g/mol. The largest absolute Gasteiger partial charge is 0.345 e. The van der Waals surface area contributed by atoms with Gasteiger partial charge in [0, 0.05) is 43.8 Å². The van der Waals surface area contributed by atoms with Crippen LogP contribution < -0.4 is 4.90 Å². The van der Waals surface area contributed by atoms with Crippen molar-refractivity contribution in [2.24, 2.45) is 0 Å². The summed E-state index contributed by atoms with van der Waals surface area (Å²) in [5, 5.41) is 2.32. The van der Waals surface area contributed by atoms with Crippen LogP contribution in [0, 0.1) is 6.92 Å². The van der Waals surface area contributed by atoms with Crippen molar-refractivity contribution < 1.29 is 0 Å². The van der Waals surface area contributed by atoms with Gasteiger partial charge >= 0.3 is 0 Å². The molecule has 3 heterocycles. The van der Waals surface area contributed by atoms with Gasteiger partial charge in [-0.3, -0.25) is 4.90 Å². The highest BCUT2D eigenvalue weighted by Gasteiger charge is 2.20. The van der Waals surface area contributed by atoms with Crippen molar-refractivity contribution in [3.05, 3.63) is 40.3 Å².